The van der Waals surface area contributed by atoms with Gasteiger partial charge in [-0.3, -0.25) is 10.1 Å². The number of ether oxygens (including phenoxy) is 1. The summed E-state index contributed by atoms with van der Waals surface area (Å²) < 4.78 is 4.43. The average Bonchev–Trinajstić information content (AvgIpc) is 2.35. The maximum absolute atomic E-state index is 11.4. The second kappa shape index (κ2) is 5.27. The van der Waals surface area contributed by atoms with Gasteiger partial charge in [0.15, 0.2) is 0 Å². The van der Waals surface area contributed by atoms with Gasteiger partial charge in [-0.05, 0) is 11.6 Å². The van der Waals surface area contributed by atoms with Gasteiger partial charge >= 0.3 is 5.97 Å². The Morgan fingerprint density at radius 1 is 1.65 bits per heavy atom. The van der Waals surface area contributed by atoms with Gasteiger partial charge < -0.3 is 4.74 Å². The molecule has 0 aliphatic rings. The largest absolute Gasteiger partial charge is 0.465 e. The summed E-state index contributed by atoms with van der Waals surface area (Å²) in [4.78, 5) is 21.4. The van der Waals surface area contributed by atoms with Crippen LogP contribution in [0.3, 0.4) is 0 Å². The fourth-order valence-corrected chi connectivity index (χ4v) is 1.49. The smallest absolute Gasteiger partial charge is 0.344 e. The summed E-state index contributed by atoms with van der Waals surface area (Å²) in [5, 5.41) is 19.6. The third-order valence-corrected chi connectivity index (χ3v) is 2.38. The molecule has 1 rings (SSSR count). The van der Waals surface area contributed by atoms with E-state index in [2.05, 4.69) is 4.74 Å². The maximum Gasteiger partial charge on any atom is 0.344 e. The minimum atomic E-state index is -0.840. The van der Waals surface area contributed by atoms with Crippen LogP contribution in [0.4, 0.5) is 5.69 Å². The Bertz CT molecular complexity index is 522. The summed E-state index contributed by atoms with van der Waals surface area (Å²) >= 11 is 5.59. The third kappa shape index (κ3) is 2.52. The first-order chi connectivity index (χ1) is 8.04. The summed E-state index contributed by atoms with van der Waals surface area (Å²) in [6, 6.07) is 4.01. The summed E-state index contributed by atoms with van der Waals surface area (Å²) in [5.41, 5.74) is -0.270. The van der Waals surface area contributed by atoms with Gasteiger partial charge in [-0.2, -0.15) is 5.26 Å². The van der Waals surface area contributed by atoms with Crippen molar-refractivity contribution < 1.29 is 14.5 Å². The van der Waals surface area contributed by atoms with Gasteiger partial charge in [-0.15, -0.1) is 11.6 Å². The number of nitro groups is 1. The molecule has 0 aliphatic carbocycles. The van der Waals surface area contributed by atoms with Gasteiger partial charge in [0.05, 0.1) is 23.7 Å². The van der Waals surface area contributed by atoms with Gasteiger partial charge in [0.1, 0.15) is 5.56 Å². The van der Waals surface area contributed by atoms with Crippen LogP contribution in [0.25, 0.3) is 0 Å². The molecular formula is C10H7ClN2O4. The van der Waals surface area contributed by atoms with E-state index in [1.807, 2.05) is 0 Å². The van der Waals surface area contributed by atoms with Crippen molar-refractivity contribution in [2.75, 3.05) is 7.11 Å². The molecule has 0 aliphatic heterocycles. The number of nitrogens with zero attached hydrogens (tertiary/aromatic N) is 2. The lowest BCUT2D eigenvalue weighted by molar-refractivity contribution is -0.385. The summed E-state index contributed by atoms with van der Waals surface area (Å²) in [6.45, 7) is 0. The highest BCUT2D eigenvalue weighted by Gasteiger charge is 2.23. The predicted molar refractivity (Wildman–Crippen MR) is 58.7 cm³/mol. The number of methoxy groups -OCH3 is 1. The number of hydrogen-bond acceptors (Lipinski definition) is 5. The summed E-state index contributed by atoms with van der Waals surface area (Å²) in [6.07, 6.45) is 0. The van der Waals surface area contributed by atoms with E-state index in [4.69, 9.17) is 16.9 Å². The molecule has 0 unspecified atom stereocenters. The molecule has 7 heteroatoms. The highest BCUT2D eigenvalue weighted by Crippen LogP contribution is 2.25. The molecule has 1 aromatic rings. The van der Waals surface area contributed by atoms with Crippen molar-refractivity contribution in [1.29, 1.82) is 5.26 Å². The van der Waals surface area contributed by atoms with Crippen LogP contribution in [-0.4, -0.2) is 18.0 Å². The third-order valence-electron chi connectivity index (χ3n) is 2.09. The molecule has 17 heavy (non-hydrogen) atoms. The van der Waals surface area contributed by atoms with Crippen LogP contribution >= 0.6 is 11.6 Å². The Labute approximate surface area is 102 Å². The molecule has 0 spiro atoms. The van der Waals surface area contributed by atoms with E-state index in [0.717, 1.165) is 13.2 Å². The normalized spacial score (nSPS) is 9.47. The second-order valence-electron chi connectivity index (χ2n) is 3.02. The van der Waals surface area contributed by atoms with Crippen molar-refractivity contribution in [1.82, 2.24) is 0 Å². The molecular weight excluding hydrogens is 248 g/mol. The van der Waals surface area contributed by atoms with Crippen molar-refractivity contribution in [3.05, 3.63) is 38.9 Å². The molecule has 0 aromatic heterocycles. The minimum absolute atomic E-state index is 0.0229. The van der Waals surface area contributed by atoms with Gasteiger partial charge in [-0.1, -0.05) is 0 Å². The first kappa shape index (κ1) is 12.9. The number of hydrogen-bond donors (Lipinski definition) is 0. The topological polar surface area (TPSA) is 93.2 Å². The zero-order valence-corrected chi connectivity index (χ0v) is 9.52. The molecule has 0 saturated carbocycles. The summed E-state index contributed by atoms with van der Waals surface area (Å²) in [5.74, 6) is -0.863. The SMILES string of the molecule is COC(=O)c1cc(CCl)c(C#N)cc1[N+](=O)[O-]. The standard InChI is InChI=1S/C10H7ClN2O4/c1-17-10(14)8-2-6(4-11)7(5-12)3-9(8)13(15)16/h2-3H,4H2,1H3. The van der Waals surface area contributed by atoms with E-state index in [1.54, 1.807) is 6.07 Å². The summed E-state index contributed by atoms with van der Waals surface area (Å²) in [7, 11) is 1.12. The highest BCUT2D eigenvalue weighted by atomic mass is 35.5. The number of alkyl halides is 1. The average molecular weight is 255 g/mol. The number of nitro benzene ring substituents is 1. The molecule has 0 atom stereocenters. The van der Waals surface area contributed by atoms with E-state index in [0.29, 0.717) is 5.56 Å². The predicted octanol–water partition coefficient (Wildman–Crippen LogP) is 1.99. The van der Waals surface area contributed by atoms with Crippen LogP contribution in [0.1, 0.15) is 21.5 Å². The van der Waals surface area contributed by atoms with E-state index in [1.165, 1.54) is 6.07 Å². The zero-order chi connectivity index (χ0) is 13.0. The first-order valence-corrected chi connectivity index (χ1v) is 4.94. The molecule has 6 nitrogen and oxygen atoms in total. The number of esters is 1. The van der Waals surface area contributed by atoms with Crippen LogP contribution in [-0.2, 0) is 10.6 Å². The lowest BCUT2D eigenvalue weighted by Crippen LogP contribution is -2.07. The molecule has 88 valence electrons. The number of nitriles is 1. The number of carbonyl (C=O) groups is 1. The molecule has 0 heterocycles. The minimum Gasteiger partial charge on any atom is -0.465 e. The van der Waals surface area contributed by atoms with E-state index >= 15 is 0 Å². The van der Waals surface area contributed by atoms with Gasteiger partial charge in [-0.25, -0.2) is 4.79 Å². The monoisotopic (exact) mass is 254 g/mol. The van der Waals surface area contributed by atoms with E-state index < -0.39 is 16.6 Å². The fraction of sp³-hybridized carbons (Fsp3) is 0.200. The lowest BCUT2D eigenvalue weighted by atomic mass is 10.0. The molecule has 0 radical (unpaired) electrons. The molecule has 1 aromatic carbocycles. The number of benzene rings is 1. The zero-order valence-electron chi connectivity index (χ0n) is 8.77. The van der Waals surface area contributed by atoms with Crippen molar-refractivity contribution in [3.63, 3.8) is 0 Å². The van der Waals surface area contributed by atoms with Crippen LogP contribution in [0, 0.1) is 21.4 Å². The number of rotatable bonds is 3. The quantitative estimate of drug-likeness (QED) is 0.356. The first-order valence-electron chi connectivity index (χ1n) is 4.40. The number of carbonyl (C=O) groups excluding carboxylic acids is 1. The van der Waals surface area contributed by atoms with Crippen LogP contribution < -0.4 is 0 Å². The molecule has 0 fully saturated rings. The molecule has 0 saturated heterocycles. The fourth-order valence-electron chi connectivity index (χ4n) is 1.27. The second-order valence-corrected chi connectivity index (χ2v) is 3.29. The Morgan fingerprint density at radius 2 is 2.29 bits per heavy atom. The Morgan fingerprint density at radius 3 is 2.71 bits per heavy atom. The van der Waals surface area contributed by atoms with Crippen LogP contribution in [0.5, 0.6) is 0 Å². The molecule has 0 bridgehead atoms. The van der Waals surface area contributed by atoms with Gasteiger partial charge in [0.25, 0.3) is 5.69 Å². The van der Waals surface area contributed by atoms with Gasteiger partial charge in [0.2, 0.25) is 0 Å². The van der Waals surface area contributed by atoms with Crippen molar-refractivity contribution >= 4 is 23.3 Å². The van der Waals surface area contributed by atoms with Crippen LogP contribution in [0.15, 0.2) is 12.1 Å². The Kier molecular flexibility index (Phi) is 4.01. The number of halogens is 1. The van der Waals surface area contributed by atoms with Crippen molar-refractivity contribution in [3.8, 4) is 6.07 Å². The Balaban J connectivity index is 3.52. The Hall–Kier alpha value is -2.13. The van der Waals surface area contributed by atoms with Gasteiger partial charge in [0, 0.05) is 11.9 Å². The highest BCUT2D eigenvalue weighted by molar-refractivity contribution is 6.17. The molecule has 0 amide bonds. The molecule has 0 N–H and O–H groups in total. The van der Waals surface area contributed by atoms with E-state index in [-0.39, 0.29) is 17.0 Å². The van der Waals surface area contributed by atoms with Crippen LogP contribution in [0.2, 0.25) is 0 Å². The maximum atomic E-state index is 11.4. The van der Waals surface area contributed by atoms with E-state index in [9.17, 15) is 14.9 Å². The van der Waals surface area contributed by atoms with Crippen molar-refractivity contribution in [2.45, 2.75) is 5.88 Å². The van der Waals surface area contributed by atoms with Crippen molar-refractivity contribution in [2.24, 2.45) is 0 Å². The lowest BCUT2D eigenvalue weighted by Gasteiger charge is -2.05.